The first-order chi connectivity index (χ1) is 18.2. The summed E-state index contributed by atoms with van der Waals surface area (Å²) < 4.78 is 11.5. The van der Waals surface area contributed by atoms with Gasteiger partial charge in [0.2, 0.25) is 0 Å². The number of rotatable bonds is 10. The van der Waals surface area contributed by atoms with Crippen LogP contribution in [0.1, 0.15) is 57.7 Å². The number of hydrogen-bond donors (Lipinski definition) is 0. The summed E-state index contributed by atoms with van der Waals surface area (Å²) in [6.45, 7) is 11.0. The molecule has 0 aliphatic carbocycles. The number of likely N-dealkylation sites (N-methyl/N-ethyl adjacent to an activating group) is 1. The van der Waals surface area contributed by atoms with Crippen LogP contribution in [0, 0.1) is 5.41 Å². The van der Waals surface area contributed by atoms with E-state index in [1.54, 1.807) is 0 Å². The smallest absolute Gasteiger partial charge is 0.316 e. The van der Waals surface area contributed by atoms with Crippen molar-refractivity contribution >= 4 is 28.7 Å². The van der Waals surface area contributed by atoms with Crippen molar-refractivity contribution in [2.75, 3.05) is 33.1 Å². The molecule has 3 aromatic rings. The van der Waals surface area contributed by atoms with Gasteiger partial charge in [0, 0.05) is 12.4 Å². The van der Waals surface area contributed by atoms with Crippen LogP contribution in [-0.4, -0.2) is 44.0 Å². The van der Waals surface area contributed by atoms with Gasteiger partial charge < -0.3 is 14.4 Å². The molecule has 204 valence electrons. The van der Waals surface area contributed by atoms with Crippen LogP contribution < -0.4 is 9.47 Å². The number of carbonyl (C=O) groups is 1. The number of alkyl halides is 1. The third-order valence-corrected chi connectivity index (χ3v) is 5.87. The Bertz CT molecular complexity index is 1150. The molecule has 0 N–H and O–H groups in total. The fraction of sp³-hybridized carbons (Fsp3) is 0.364. The normalized spacial score (nSPS) is 11.8. The average Bonchev–Trinajstić information content (AvgIpc) is 2.91. The molecule has 5 heteroatoms. The van der Waals surface area contributed by atoms with Crippen molar-refractivity contribution in [3.05, 3.63) is 95.6 Å². The van der Waals surface area contributed by atoms with Crippen LogP contribution in [0.5, 0.6) is 11.5 Å². The minimum absolute atomic E-state index is 0.261. The Morgan fingerprint density at radius 1 is 0.789 bits per heavy atom. The number of allylic oxidation sites excluding steroid dienone is 1. The predicted octanol–water partition coefficient (Wildman–Crippen LogP) is 8.19. The molecule has 0 bridgehead atoms. The van der Waals surface area contributed by atoms with Gasteiger partial charge in [0.1, 0.15) is 18.1 Å². The number of halogens is 1. The Balaban J connectivity index is 0.00000247. The fourth-order valence-corrected chi connectivity index (χ4v) is 3.87. The van der Waals surface area contributed by atoms with Crippen molar-refractivity contribution in [2.45, 2.75) is 41.0 Å². The molecule has 0 amide bonds. The SMILES string of the molecule is CC.CN(C)CCOc1ccc(/C(=C(/CCCl)c2ccccc2)c2ccc(OC(=O)C(C)(C)C)cc2)cc1. The first-order valence-electron chi connectivity index (χ1n) is 13.2. The van der Waals surface area contributed by atoms with Gasteiger partial charge in [0.25, 0.3) is 0 Å². The van der Waals surface area contributed by atoms with E-state index in [9.17, 15) is 4.79 Å². The van der Waals surface area contributed by atoms with E-state index in [0.717, 1.165) is 40.1 Å². The molecule has 0 aliphatic heterocycles. The van der Waals surface area contributed by atoms with E-state index in [4.69, 9.17) is 21.1 Å². The van der Waals surface area contributed by atoms with E-state index in [-0.39, 0.29) is 5.97 Å². The number of nitrogens with zero attached hydrogens (tertiary/aromatic N) is 1. The van der Waals surface area contributed by atoms with Gasteiger partial charge in [0.05, 0.1) is 5.41 Å². The largest absolute Gasteiger partial charge is 0.492 e. The van der Waals surface area contributed by atoms with Crippen LogP contribution in [0.4, 0.5) is 0 Å². The minimum atomic E-state index is -0.569. The minimum Gasteiger partial charge on any atom is -0.492 e. The van der Waals surface area contributed by atoms with Gasteiger partial charge in [-0.05, 0) is 93.4 Å². The van der Waals surface area contributed by atoms with Crippen LogP contribution in [0.15, 0.2) is 78.9 Å². The monoisotopic (exact) mass is 535 g/mol. The zero-order valence-corrected chi connectivity index (χ0v) is 24.6. The van der Waals surface area contributed by atoms with Crippen molar-refractivity contribution in [3.63, 3.8) is 0 Å². The summed E-state index contributed by atoms with van der Waals surface area (Å²) in [6, 6.07) is 26.2. The van der Waals surface area contributed by atoms with E-state index in [1.165, 1.54) is 0 Å². The topological polar surface area (TPSA) is 38.8 Å². The van der Waals surface area contributed by atoms with Crippen LogP contribution >= 0.6 is 11.6 Å². The first kappa shape index (κ1) is 31.1. The van der Waals surface area contributed by atoms with E-state index >= 15 is 0 Å². The van der Waals surface area contributed by atoms with Crippen molar-refractivity contribution in [2.24, 2.45) is 5.41 Å². The van der Waals surface area contributed by atoms with Crippen LogP contribution in [-0.2, 0) is 4.79 Å². The molecular weight excluding hydrogens is 494 g/mol. The Labute approximate surface area is 234 Å². The third-order valence-electron chi connectivity index (χ3n) is 5.68. The van der Waals surface area contributed by atoms with E-state index in [2.05, 4.69) is 29.2 Å². The molecule has 0 unspecified atom stereocenters. The molecule has 3 rings (SSSR count). The van der Waals surface area contributed by atoms with Crippen LogP contribution in [0.25, 0.3) is 11.1 Å². The van der Waals surface area contributed by atoms with Gasteiger partial charge in [-0.1, -0.05) is 68.4 Å². The molecule has 3 aromatic carbocycles. The maximum Gasteiger partial charge on any atom is 0.316 e. The van der Waals surface area contributed by atoms with Crippen molar-refractivity contribution in [1.29, 1.82) is 0 Å². The fourth-order valence-electron chi connectivity index (χ4n) is 3.68. The van der Waals surface area contributed by atoms with Crippen LogP contribution in [0.3, 0.4) is 0 Å². The van der Waals surface area contributed by atoms with Crippen molar-refractivity contribution in [1.82, 2.24) is 4.90 Å². The molecule has 0 fully saturated rings. The van der Waals surface area contributed by atoms with E-state index in [1.807, 2.05) is 103 Å². The number of ether oxygens (including phenoxy) is 2. The molecule has 0 aromatic heterocycles. The maximum atomic E-state index is 12.3. The average molecular weight is 536 g/mol. The molecule has 0 atom stereocenters. The van der Waals surface area contributed by atoms with Crippen molar-refractivity contribution in [3.8, 4) is 11.5 Å². The molecule has 0 heterocycles. The number of carbonyl (C=O) groups excluding carboxylic acids is 1. The molecule has 38 heavy (non-hydrogen) atoms. The lowest BCUT2D eigenvalue weighted by Crippen LogP contribution is -2.25. The summed E-state index contributed by atoms with van der Waals surface area (Å²) in [5.74, 6) is 1.60. The molecule has 0 spiro atoms. The van der Waals surface area contributed by atoms with Gasteiger partial charge in [-0.15, -0.1) is 11.6 Å². The van der Waals surface area contributed by atoms with E-state index < -0.39 is 5.41 Å². The highest BCUT2D eigenvalue weighted by Crippen LogP contribution is 2.36. The summed E-state index contributed by atoms with van der Waals surface area (Å²) in [5, 5.41) is 0. The van der Waals surface area contributed by atoms with Gasteiger partial charge >= 0.3 is 5.97 Å². The highest BCUT2D eigenvalue weighted by Gasteiger charge is 2.24. The predicted molar refractivity (Wildman–Crippen MR) is 161 cm³/mol. The summed E-state index contributed by atoms with van der Waals surface area (Å²) in [4.78, 5) is 14.4. The summed E-state index contributed by atoms with van der Waals surface area (Å²) in [5.41, 5.74) is 4.90. The van der Waals surface area contributed by atoms with Gasteiger partial charge in [-0.25, -0.2) is 0 Å². The number of benzene rings is 3. The molecule has 4 nitrogen and oxygen atoms in total. The highest BCUT2D eigenvalue weighted by atomic mass is 35.5. The second-order valence-corrected chi connectivity index (χ2v) is 10.4. The standard InChI is InChI=1S/C31H36ClNO3.C2H6/c1-31(2,3)30(34)36-27-17-13-25(14-18-27)29(28(19-20-32)23-9-7-6-8-10-23)24-11-15-26(16-12-24)35-22-21-33(4)5;1-2/h6-18H,19-22H2,1-5H3;1-2H3/b29-28+;. The lowest BCUT2D eigenvalue weighted by atomic mass is 9.88. The van der Waals surface area contributed by atoms with Gasteiger partial charge in [0.15, 0.2) is 0 Å². The summed E-state index contributed by atoms with van der Waals surface area (Å²) in [6.07, 6.45) is 0.711. The van der Waals surface area contributed by atoms with Crippen molar-refractivity contribution < 1.29 is 14.3 Å². The quantitative estimate of drug-likeness (QED) is 0.113. The Morgan fingerprint density at radius 2 is 1.32 bits per heavy atom. The van der Waals surface area contributed by atoms with Gasteiger partial charge in [-0.3, -0.25) is 4.79 Å². The molecule has 0 radical (unpaired) electrons. The molecular formula is C33H42ClNO3. The Hall–Kier alpha value is -3.08. The molecule has 0 aliphatic rings. The van der Waals surface area contributed by atoms with Crippen LogP contribution in [0.2, 0.25) is 0 Å². The first-order valence-corrected chi connectivity index (χ1v) is 13.8. The Morgan fingerprint density at radius 3 is 1.79 bits per heavy atom. The zero-order chi connectivity index (χ0) is 28.1. The second-order valence-electron chi connectivity index (χ2n) is 10.00. The maximum absolute atomic E-state index is 12.3. The zero-order valence-electron chi connectivity index (χ0n) is 23.9. The summed E-state index contributed by atoms with van der Waals surface area (Å²) >= 11 is 6.28. The Kier molecular flexibility index (Phi) is 12.6. The summed E-state index contributed by atoms with van der Waals surface area (Å²) in [7, 11) is 4.06. The second kappa shape index (κ2) is 15.4. The third kappa shape index (κ3) is 9.34. The lowest BCUT2D eigenvalue weighted by molar-refractivity contribution is -0.142. The highest BCUT2D eigenvalue weighted by molar-refractivity contribution is 6.18. The number of hydrogen-bond acceptors (Lipinski definition) is 4. The molecule has 0 saturated heterocycles. The number of esters is 1. The van der Waals surface area contributed by atoms with E-state index in [0.29, 0.717) is 24.7 Å². The lowest BCUT2D eigenvalue weighted by Gasteiger charge is -2.19. The molecule has 0 saturated carbocycles. The van der Waals surface area contributed by atoms with Gasteiger partial charge in [-0.2, -0.15) is 0 Å².